The Morgan fingerprint density at radius 1 is 0.322 bits per heavy atom. The number of benzene rings is 7. The molecule has 0 aliphatic carbocycles. The molecule has 0 saturated carbocycles. The third kappa shape index (κ3) is 31.4. The summed E-state index contributed by atoms with van der Waals surface area (Å²) >= 11 is 9.17. The Morgan fingerprint density at radius 3 is 1.12 bits per heavy atom. The lowest BCUT2D eigenvalue weighted by Crippen LogP contribution is -2.08. The van der Waals surface area contributed by atoms with Crippen LogP contribution in [-0.2, 0) is 0 Å². The molecule has 118 heavy (non-hydrogen) atoms. The van der Waals surface area contributed by atoms with Crippen molar-refractivity contribution in [1.29, 1.82) is 0 Å². The zero-order valence-electron chi connectivity index (χ0n) is 67.7. The van der Waals surface area contributed by atoms with Crippen molar-refractivity contribution in [2.24, 2.45) is 71.6 Å². The lowest BCUT2D eigenvalue weighted by molar-refractivity contribution is 0.470. The predicted molar refractivity (Wildman–Crippen MR) is 485 cm³/mol. The van der Waals surface area contributed by atoms with Gasteiger partial charge in [0.1, 0.15) is 17.2 Å². The summed E-state index contributed by atoms with van der Waals surface area (Å²) in [7, 11) is 8.07. The van der Waals surface area contributed by atoms with Gasteiger partial charge in [0.25, 0.3) is 0 Å². The number of phenols is 3. The number of phenolic OH excluding ortho intramolecular Hbond substituents is 3. The summed E-state index contributed by atoms with van der Waals surface area (Å²) in [6.45, 7) is 23.9. The molecule has 7 aromatic heterocycles. The van der Waals surface area contributed by atoms with Crippen LogP contribution < -0.4 is 9.80 Å². The predicted octanol–water partition coefficient (Wildman–Crippen LogP) is 29.6. The van der Waals surface area contributed by atoms with Crippen molar-refractivity contribution < 1.29 is 15.3 Å². The lowest BCUT2D eigenvalue weighted by atomic mass is 10.0. The van der Waals surface area contributed by atoms with Gasteiger partial charge >= 0.3 is 0 Å². The molecule has 0 fully saturated rings. The Hall–Kier alpha value is -12.8. The van der Waals surface area contributed by atoms with Gasteiger partial charge in [-0.1, -0.05) is 57.7 Å². The van der Waals surface area contributed by atoms with Gasteiger partial charge in [-0.15, -0.1) is 117 Å². The first-order chi connectivity index (χ1) is 56.2. The van der Waals surface area contributed by atoms with Crippen LogP contribution in [0.15, 0.2) is 305 Å². The Labute approximate surface area is 713 Å². The minimum atomic E-state index is 0. The van der Waals surface area contributed by atoms with Crippen molar-refractivity contribution in [1.82, 2.24) is 34.9 Å². The van der Waals surface area contributed by atoms with Gasteiger partial charge < -0.3 is 25.1 Å². The fourth-order valence-electron chi connectivity index (χ4n) is 9.73. The number of aryl methyl sites for hydroxylation is 10. The summed E-state index contributed by atoms with van der Waals surface area (Å²) in [5.41, 5.74) is 19.4. The van der Waals surface area contributed by atoms with Crippen LogP contribution in [0.2, 0.25) is 0 Å². The van der Waals surface area contributed by atoms with Gasteiger partial charge in [-0.2, -0.15) is 0 Å². The van der Waals surface area contributed by atoms with Gasteiger partial charge in [0.05, 0.1) is 39.8 Å². The van der Waals surface area contributed by atoms with E-state index in [2.05, 4.69) is 182 Å². The van der Waals surface area contributed by atoms with Crippen LogP contribution in [0, 0.1) is 69.2 Å². The molecule has 7 heterocycles. The Kier molecular flexibility index (Phi) is 37.5. The molecular formula is C87H94BrN23O3S4. The number of anilines is 2. The zero-order valence-corrected chi connectivity index (χ0v) is 72.5. The minimum absolute atomic E-state index is 0. The number of hydrogen-bond acceptors (Lipinski definition) is 30. The molecule has 606 valence electrons. The highest BCUT2D eigenvalue weighted by atomic mass is 79.9. The van der Waals surface area contributed by atoms with E-state index in [1.165, 1.54) is 56.5 Å². The molecule has 0 aliphatic rings. The third-order valence-corrected chi connectivity index (χ3v) is 19.4. The number of rotatable bonds is 17. The summed E-state index contributed by atoms with van der Waals surface area (Å²) in [6.07, 6.45) is 11.9. The molecule has 14 rings (SSSR count). The second-order valence-electron chi connectivity index (χ2n) is 26.4. The Bertz CT molecular complexity index is 5610. The molecule has 0 aliphatic heterocycles. The van der Waals surface area contributed by atoms with E-state index in [1.807, 2.05) is 204 Å². The number of azo groups is 7. The van der Waals surface area contributed by atoms with Crippen LogP contribution in [0.3, 0.4) is 0 Å². The molecule has 31 heteroatoms. The number of hydrogen-bond donors (Lipinski definition) is 3. The Morgan fingerprint density at radius 2 is 0.720 bits per heavy atom. The first-order valence-electron chi connectivity index (χ1n) is 36.3. The summed E-state index contributed by atoms with van der Waals surface area (Å²) in [5.74, 6) is 3.05. The van der Waals surface area contributed by atoms with E-state index in [9.17, 15) is 15.3 Å². The largest absolute Gasteiger partial charge is 0.508 e. The van der Waals surface area contributed by atoms with E-state index >= 15 is 0 Å². The average Bonchev–Trinajstić information content (AvgIpc) is 1.71. The standard InChI is InChI=1S/C14H15BrN4.C14H16N4.C13H15N3S.C12H11N3O.2C11H11N3OS.C11H11N3S.CH4/c1-10-8-12(19(2)3)5-6-13(10)17-18-14-7-4-11(15)9-16-14;1-11-10-12(18(2)3)7-8-13(11)16-17-14-6-4-5-9-15-14;1-9(2)11-5-4-10(3)12(8-11)15-16-13-14-6-7-17-13;1-9-8-10(16)5-6-11(9)14-15-12-4-2-3-7-13-12;1-7-6-10(15)8(2)5-9(7)13-14-11-12-3-4-16-11;1-7-5-9(15)6-8(2)10(7)13-14-11-12-3-4-16-11;1-8-3-4-9(2)10(7-8)13-14-11-12-5-6-15-11;/h4-9H,1-3H3;4-10H,1-3H3;4-9H,1-3H3;2-8,16H,1H3;2*3-6,15H,1-2H3;3-7H,1-2H3;1H4. The number of aromatic nitrogens is 7. The minimum Gasteiger partial charge on any atom is -0.508 e. The van der Waals surface area contributed by atoms with E-state index in [0.717, 1.165) is 106 Å². The summed E-state index contributed by atoms with van der Waals surface area (Å²) in [4.78, 5) is 32.6. The van der Waals surface area contributed by atoms with Gasteiger partial charge in [-0.05, 0) is 280 Å². The number of pyridine rings is 3. The molecular weight excluding hydrogens is 1620 g/mol. The maximum Gasteiger partial charge on any atom is 0.229 e. The van der Waals surface area contributed by atoms with Crippen molar-refractivity contribution in [3.05, 3.63) is 294 Å². The van der Waals surface area contributed by atoms with E-state index in [1.54, 1.807) is 85.8 Å². The van der Waals surface area contributed by atoms with E-state index < -0.39 is 0 Å². The lowest BCUT2D eigenvalue weighted by Gasteiger charge is -2.13. The maximum absolute atomic E-state index is 9.49. The second-order valence-corrected chi connectivity index (χ2v) is 30.8. The quantitative estimate of drug-likeness (QED) is 0.0716. The number of aromatic hydroxyl groups is 3. The summed E-state index contributed by atoms with van der Waals surface area (Å²) in [5, 5.41) is 96.0. The van der Waals surface area contributed by atoms with Crippen LogP contribution >= 0.6 is 61.3 Å². The summed E-state index contributed by atoms with van der Waals surface area (Å²) < 4.78 is 0.929. The van der Waals surface area contributed by atoms with Crippen molar-refractivity contribution in [3.8, 4) is 17.2 Å². The first-order valence-corrected chi connectivity index (χ1v) is 40.6. The van der Waals surface area contributed by atoms with Crippen LogP contribution in [0.25, 0.3) is 0 Å². The van der Waals surface area contributed by atoms with Gasteiger partial charge in [0.2, 0.25) is 20.5 Å². The number of nitrogens with zero attached hydrogens (tertiary/aromatic N) is 23. The zero-order chi connectivity index (χ0) is 84.2. The van der Waals surface area contributed by atoms with Gasteiger partial charge in [-0.25, -0.2) is 34.9 Å². The SMILES string of the molecule is C.Cc1cc(N(C)C)ccc1N=Nc1ccc(Br)cn1.Cc1cc(N(C)C)ccc1N=Nc1ccccn1.Cc1cc(N=Nc2nccs2)c(C)cc1O.Cc1cc(O)cc(C)c1N=Nc1nccs1.Cc1cc(O)ccc1N=Nc1ccccn1.Cc1ccc(C(C)C)cc1N=Nc1nccs1.Cc1ccc(C)c(N=Nc2nccs2)c1. The molecule has 14 aromatic rings. The van der Waals surface area contributed by atoms with E-state index in [0.29, 0.717) is 43.9 Å². The molecule has 0 radical (unpaired) electrons. The van der Waals surface area contributed by atoms with Crippen LogP contribution in [-0.4, -0.2) is 78.4 Å². The van der Waals surface area contributed by atoms with Crippen LogP contribution in [0.5, 0.6) is 17.2 Å². The van der Waals surface area contributed by atoms with Crippen molar-refractivity contribution in [2.45, 2.75) is 96.4 Å². The van der Waals surface area contributed by atoms with Crippen molar-refractivity contribution in [3.63, 3.8) is 0 Å². The van der Waals surface area contributed by atoms with E-state index in [-0.39, 0.29) is 24.7 Å². The van der Waals surface area contributed by atoms with Gasteiger partial charge in [-0.3, -0.25) is 0 Å². The topological polar surface area (TPSA) is 330 Å². The van der Waals surface area contributed by atoms with Gasteiger partial charge in [0.15, 0.2) is 17.5 Å². The molecule has 0 unspecified atom stereocenters. The normalized spacial score (nSPS) is 11.0. The van der Waals surface area contributed by atoms with Crippen LogP contribution in [0.1, 0.15) is 88.4 Å². The van der Waals surface area contributed by atoms with Crippen molar-refractivity contribution in [2.75, 3.05) is 38.0 Å². The fraction of sp³-hybridized carbons (Fsp3) is 0.207. The smallest absolute Gasteiger partial charge is 0.229 e. The molecule has 0 bridgehead atoms. The number of halogens is 1. The second kappa shape index (κ2) is 47.9. The molecule has 0 atom stereocenters. The average molecular weight is 1720 g/mol. The maximum atomic E-state index is 9.49. The van der Waals surface area contributed by atoms with E-state index in [4.69, 9.17) is 0 Å². The van der Waals surface area contributed by atoms with Gasteiger partial charge in [0, 0.05) is 109 Å². The summed E-state index contributed by atoms with van der Waals surface area (Å²) in [6, 6.07) is 51.1. The molecule has 0 saturated heterocycles. The monoisotopic (exact) mass is 1720 g/mol. The fourth-order valence-corrected chi connectivity index (χ4v) is 11.8. The Balaban J connectivity index is 0.000000190. The van der Waals surface area contributed by atoms with Crippen LogP contribution in [0.4, 0.5) is 89.2 Å². The third-order valence-electron chi connectivity index (χ3n) is 16.3. The highest BCUT2D eigenvalue weighted by Crippen LogP contribution is 2.35. The molecule has 0 amide bonds. The molecule has 7 aromatic carbocycles. The molecule has 26 nitrogen and oxygen atoms in total. The highest BCUT2D eigenvalue weighted by molar-refractivity contribution is 9.10. The molecule has 0 spiro atoms. The molecule has 3 N–H and O–H groups in total. The number of thiazole rings is 4. The first kappa shape index (κ1) is 92.4. The highest BCUT2D eigenvalue weighted by Gasteiger charge is 2.09. The van der Waals surface area contributed by atoms with Crippen molar-refractivity contribution >= 4 is 150 Å².